The molecule has 0 fully saturated rings. The third-order valence-corrected chi connectivity index (χ3v) is 3.58. The van der Waals surface area contributed by atoms with Crippen LogP contribution in [0, 0.1) is 10.8 Å². The molecule has 1 aromatic rings. The zero-order valence-electron chi connectivity index (χ0n) is 12.6. The minimum absolute atomic E-state index is 0.443. The monoisotopic (exact) mass is 280 g/mol. The first-order valence-corrected chi connectivity index (χ1v) is 6.72. The maximum Gasteiger partial charge on any atom is 0.309 e. The highest BCUT2D eigenvalue weighted by Gasteiger charge is 2.28. The number of carbonyl (C=O) groups is 1. The highest BCUT2D eigenvalue weighted by Crippen LogP contribution is 2.27. The Morgan fingerprint density at radius 2 is 1.60 bits per heavy atom. The van der Waals surface area contributed by atoms with Crippen molar-refractivity contribution in [3.05, 3.63) is 35.4 Å². The van der Waals surface area contributed by atoms with Gasteiger partial charge in [0.25, 0.3) is 0 Å². The summed E-state index contributed by atoms with van der Waals surface area (Å²) in [5.74, 6) is -0.825. The summed E-state index contributed by atoms with van der Waals surface area (Å²) in [5, 5.41) is 27.9. The fraction of sp³-hybridized carbons (Fsp3) is 0.562. The van der Waals surface area contributed by atoms with Crippen molar-refractivity contribution >= 4 is 5.97 Å². The number of carboxylic acids is 1. The molecular formula is C16H24O4. The fourth-order valence-corrected chi connectivity index (χ4v) is 2.05. The second kappa shape index (κ2) is 5.94. The topological polar surface area (TPSA) is 77.8 Å². The van der Waals surface area contributed by atoms with Crippen molar-refractivity contribution in [1.82, 2.24) is 0 Å². The van der Waals surface area contributed by atoms with Gasteiger partial charge in [-0.1, -0.05) is 38.1 Å². The molecule has 1 rings (SSSR count). The molecule has 112 valence electrons. The average molecular weight is 280 g/mol. The Balaban J connectivity index is 2.89. The van der Waals surface area contributed by atoms with Gasteiger partial charge in [-0.15, -0.1) is 0 Å². The van der Waals surface area contributed by atoms with Crippen molar-refractivity contribution < 1.29 is 20.1 Å². The first-order chi connectivity index (χ1) is 9.04. The molecular weight excluding hydrogens is 256 g/mol. The molecule has 1 aromatic carbocycles. The Morgan fingerprint density at radius 3 is 2.05 bits per heavy atom. The fourth-order valence-electron chi connectivity index (χ4n) is 2.05. The number of rotatable bonds is 6. The van der Waals surface area contributed by atoms with Gasteiger partial charge in [-0.25, -0.2) is 0 Å². The molecule has 0 atom stereocenters. The summed E-state index contributed by atoms with van der Waals surface area (Å²) < 4.78 is 0. The molecule has 0 unspecified atom stereocenters. The number of aliphatic hydroxyl groups excluding tert-OH is 1. The highest BCUT2D eigenvalue weighted by atomic mass is 16.5. The van der Waals surface area contributed by atoms with E-state index in [-0.39, 0.29) is 0 Å². The number of aliphatic hydroxyl groups is 2. The molecule has 0 saturated carbocycles. The third kappa shape index (κ3) is 4.32. The number of carboxylic acid groups (broad SMARTS) is 1. The SMILES string of the molecule is CC(C)(Cc1cccc(CC(C)(C)C(O)O)c1)C(=O)O. The van der Waals surface area contributed by atoms with Crippen LogP contribution in [0.1, 0.15) is 38.8 Å². The third-order valence-electron chi connectivity index (χ3n) is 3.58. The molecule has 3 N–H and O–H groups in total. The number of hydrogen-bond donors (Lipinski definition) is 3. The van der Waals surface area contributed by atoms with E-state index >= 15 is 0 Å². The van der Waals surface area contributed by atoms with Crippen LogP contribution in [-0.4, -0.2) is 27.6 Å². The van der Waals surface area contributed by atoms with Crippen LogP contribution in [-0.2, 0) is 17.6 Å². The van der Waals surface area contributed by atoms with E-state index in [9.17, 15) is 15.0 Å². The zero-order chi connectivity index (χ0) is 15.6. The highest BCUT2D eigenvalue weighted by molar-refractivity contribution is 5.74. The zero-order valence-corrected chi connectivity index (χ0v) is 12.6. The lowest BCUT2D eigenvalue weighted by molar-refractivity contribution is -0.146. The molecule has 0 radical (unpaired) electrons. The molecule has 20 heavy (non-hydrogen) atoms. The Hall–Kier alpha value is -1.39. The van der Waals surface area contributed by atoms with Gasteiger partial charge in [0.05, 0.1) is 5.41 Å². The quantitative estimate of drug-likeness (QED) is 0.698. The van der Waals surface area contributed by atoms with Gasteiger partial charge in [-0.2, -0.15) is 0 Å². The van der Waals surface area contributed by atoms with Gasteiger partial charge in [-0.3, -0.25) is 4.79 Å². The minimum Gasteiger partial charge on any atom is -0.481 e. The smallest absolute Gasteiger partial charge is 0.309 e. The second-order valence-electron chi connectivity index (χ2n) is 6.72. The number of hydrogen-bond acceptors (Lipinski definition) is 3. The van der Waals surface area contributed by atoms with Gasteiger partial charge < -0.3 is 15.3 Å². The van der Waals surface area contributed by atoms with Crippen LogP contribution in [0.2, 0.25) is 0 Å². The van der Waals surface area contributed by atoms with E-state index in [4.69, 9.17) is 5.11 Å². The van der Waals surface area contributed by atoms with Crippen molar-refractivity contribution in [2.45, 2.75) is 46.8 Å². The average Bonchev–Trinajstić information content (AvgIpc) is 2.27. The molecule has 0 amide bonds. The number of benzene rings is 1. The van der Waals surface area contributed by atoms with Crippen LogP contribution in [0.5, 0.6) is 0 Å². The van der Waals surface area contributed by atoms with Gasteiger partial charge in [0.2, 0.25) is 0 Å². The van der Waals surface area contributed by atoms with Crippen LogP contribution in [0.25, 0.3) is 0 Å². The molecule has 0 aliphatic carbocycles. The van der Waals surface area contributed by atoms with E-state index in [1.54, 1.807) is 27.7 Å². The van der Waals surface area contributed by atoms with E-state index in [1.807, 2.05) is 24.3 Å². The minimum atomic E-state index is -1.39. The van der Waals surface area contributed by atoms with Crippen molar-refractivity contribution in [1.29, 1.82) is 0 Å². The normalized spacial score (nSPS) is 12.8. The van der Waals surface area contributed by atoms with Crippen molar-refractivity contribution in [3.8, 4) is 0 Å². The predicted octanol–water partition coefficient (Wildman–Crippen LogP) is 2.22. The molecule has 0 bridgehead atoms. The Morgan fingerprint density at radius 1 is 1.10 bits per heavy atom. The van der Waals surface area contributed by atoms with Crippen molar-refractivity contribution in [2.75, 3.05) is 0 Å². The van der Waals surface area contributed by atoms with Crippen LogP contribution in [0.15, 0.2) is 24.3 Å². The number of aliphatic carboxylic acids is 1. The summed E-state index contributed by atoms with van der Waals surface area (Å²) in [7, 11) is 0. The summed E-state index contributed by atoms with van der Waals surface area (Å²) in [6, 6.07) is 7.63. The predicted molar refractivity (Wildman–Crippen MR) is 77.3 cm³/mol. The van der Waals surface area contributed by atoms with Crippen LogP contribution in [0.4, 0.5) is 0 Å². The molecule has 0 heterocycles. The maximum absolute atomic E-state index is 11.2. The van der Waals surface area contributed by atoms with Crippen LogP contribution < -0.4 is 0 Å². The standard InChI is InChI=1S/C16H24O4/c1-15(2,13(17)18)9-11-6-5-7-12(8-11)10-16(3,4)14(19)20/h5-8,13,17-18H,9-10H2,1-4H3,(H,19,20). The molecule has 4 nitrogen and oxygen atoms in total. The molecule has 0 aromatic heterocycles. The molecule has 0 saturated heterocycles. The largest absolute Gasteiger partial charge is 0.481 e. The summed E-state index contributed by atoms with van der Waals surface area (Å²) in [5.41, 5.74) is 0.464. The van der Waals surface area contributed by atoms with E-state index in [0.717, 1.165) is 11.1 Å². The lowest BCUT2D eigenvalue weighted by Gasteiger charge is -2.27. The van der Waals surface area contributed by atoms with Crippen LogP contribution >= 0.6 is 0 Å². The first-order valence-electron chi connectivity index (χ1n) is 6.72. The summed E-state index contributed by atoms with van der Waals surface area (Å²) in [6.07, 6.45) is -0.425. The van der Waals surface area contributed by atoms with E-state index in [2.05, 4.69) is 0 Å². The summed E-state index contributed by atoms with van der Waals surface area (Å²) in [4.78, 5) is 11.2. The lowest BCUT2D eigenvalue weighted by atomic mass is 9.82. The van der Waals surface area contributed by atoms with Gasteiger partial charge in [0.15, 0.2) is 6.29 Å². The summed E-state index contributed by atoms with van der Waals surface area (Å²) in [6.45, 7) is 6.96. The van der Waals surface area contributed by atoms with Gasteiger partial charge in [0.1, 0.15) is 0 Å². The Bertz CT molecular complexity index is 475. The molecule has 4 heteroatoms. The van der Waals surface area contributed by atoms with E-state index < -0.39 is 23.1 Å². The first kappa shape index (κ1) is 16.7. The van der Waals surface area contributed by atoms with Crippen molar-refractivity contribution in [3.63, 3.8) is 0 Å². The lowest BCUT2D eigenvalue weighted by Crippen LogP contribution is -2.31. The molecule has 0 aliphatic rings. The molecule has 0 aliphatic heterocycles. The van der Waals surface area contributed by atoms with E-state index in [1.165, 1.54) is 0 Å². The Labute approximate surface area is 120 Å². The molecule has 0 spiro atoms. The summed E-state index contributed by atoms with van der Waals surface area (Å²) >= 11 is 0. The van der Waals surface area contributed by atoms with Gasteiger partial charge >= 0.3 is 5.97 Å². The second-order valence-corrected chi connectivity index (χ2v) is 6.72. The van der Waals surface area contributed by atoms with Crippen molar-refractivity contribution in [2.24, 2.45) is 10.8 Å². The van der Waals surface area contributed by atoms with E-state index in [0.29, 0.717) is 12.8 Å². The maximum atomic E-state index is 11.2. The van der Waals surface area contributed by atoms with Gasteiger partial charge in [0, 0.05) is 5.41 Å². The Kier molecular flexibility index (Phi) is 4.95. The van der Waals surface area contributed by atoms with Gasteiger partial charge in [-0.05, 0) is 37.8 Å². The van der Waals surface area contributed by atoms with Crippen LogP contribution in [0.3, 0.4) is 0 Å².